The number of aromatic nitrogens is 1. The number of likely N-dealkylation sites (N-methyl/N-ethyl adjacent to an activating group) is 1. The lowest BCUT2D eigenvalue weighted by molar-refractivity contribution is -0.132. The van der Waals surface area contributed by atoms with Gasteiger partial charge in [0, 0.05) is 50.1 Å². The Morgan fingerprint density at radius 2 is 1.87 bits per heavy atom. The molecular formula is C23H28ClN3O3. The number of hydrogen-bond donors (Lipinski definition) is 0. The molecule has 0 unspecified atom stereocenters. The van der Waals surface area contributed by atoms with Crippen molar-refractivity contribution in [3.63, 3.8) is 0 Å². The fraction of sp³-hybridized carbons (Fsp3) is 0.435. The third kappa shape index (κ3) is 6.11. The Labute approximate surface area is 182 Å². The van der Waals surface area contributed by atoms with E-state index in [9.17, 15) is 9.59 Å². The molecule has 1 amide bonds. The van der Waals surface area contributed by atoms with Crippen LogP contribution in [-0.2, 0) is 22.6 Å². The summed E-state index contributed by atoms with van der Waals surface area (Å²) in [5, 5.41) is 0.627. The lowest BCUT2D eigenvalue weighted by Crippen LogP contribution is -2.47. The lowest BCUT2D eigenvalue weighted by atomic mass is 10.0. The van der Waals surface area contributed by atoms with Crippen LogP contribution in [0.15, 0.2) is 42.6 Å². The Bertz CT molecular complexity index is 847. The molecule has 1 fully saturated rings. The molecule has 0 saturated carbocycles. The van der Waals surface area contributed by atoms with Crippen molar-refractivity contribution in [2.45, 2.75) is 31.9 Å². The number of pyridine rings is 1. The fourth-order valence-electron chi connectivity index (χ4n) is 3.69. The number of hydrogen-bond acceptors (Lipinski definition) is 5. The van der Waals surface area contributed by atoms with Crippen LogP contribution in [0, 0.1) is 0 Å². The number of nitrogens with zero attached hydrogens (tertiary/aromatic N) is 3. The van der Waals surface area contributed by atoms with Crippen molar-refractivity contribution in [2.24, 2.45) is 0 Å². The van der Waals surface area contributed by atoms with Crippen molar-refractivity contribution in [1.29, 1.82) is 0 Å². The summed E-state index contributed by atoms with van der Waals surface area (Å²) in [7, 11) is 3.50. The molecule has 1 aromatic heterocycles. The van der Waals surface area contributed by atoms with Gasteiger partial charge in [0.05, 0.1) is 25.3 Å². The summed E-state index contributed by atoms with van der Waals surface area (Å²) in [5.41, 5.74) is 2.43. The Kier molecular flexibility index (Phi) is 7.96. The van der Waals surface area contributed by atoms with Gasteiger partial charge in [-0.2, -0.15) is 0 Å². The van der Waals surface area contributed by atoms with Crippen LogP contribution in [0.2, 0.25) is 5.02 Å². The summed E-state index contributed by atoms with van der Waals surface area (Å²) in [6.07, 6.45) is 3.80. The summed E-state index contributed by atoms with van der Waals surface area (Å²) in [6, 6.07) is 11.0. The van der Waals surface area contributed by atoms with E-state index in [1.807, 2.05) is 24.1 Å². The number of halogens is 1. The largest absolute Gasteiger partial charge is 0.378 e. The van der Waals surface area contributed by atoms with Gasteiger partial charge in [-0.25, -0.2) is 0 Å². The highest BCUT2D eigenvalue weighted by atomic mass is 35.5. The summed E-state index contributed by atoms with van der Waals surface area (Å²) in [4.78, 5) is 33.5. The molecule has 160 valence electrons. The monoisotopic (exact) mass is 429 g/mol. The topological polar surface area (TPSA) is 62.7 Å². The molecule has 2 aromatic rings. The van der Waals surface area contributed by atoms with E-state index in [1.54, 1.807) is 37.6 Å². The number of benzene rings is 1. The van der Waals surface area contributed by atoms with E-state index in [2.05, 4.69) is 9.88 Å². The molecule has 7 heteroatoms. The second-order valence-corrected chi connectivity index (χ2v) is 8.15. The molecule has 0 N–H and O–H groups in total. The number of rotatable bonds is 8. The molecule has 6 nitrogen and oxygen atoms in total. The van der Waals surface area contributed by atoms with E-state index in [0.29, 0.717) is 30.2 Å². The highest BCUT2D eigenvalue weighted by molar-refractivity contribution is 6.30. The molecular weight excluding hydrogens is 402 g/mol. The van der Waals surface area contributed by atoms with Crippen molar-refractivity contribution < 1.29 is 14.3 Å². The van der Waals surface area contributed by atoms with Gasteiger partial charge in [-0.05, 0) is 48.7 Å². The van der Waals surface area contributed by atoms with Gasteiger partial charge in [0.1, 0.15) is 0 Å². The first-order chi connectivity index (χ1) is 14.5. The van der Waals surface area contributed by atoms with Crippen molar-refractivity contribution in [3.8, 4) is 0 Å². The van der Waals surface area contributed by atoms with E-state index in [4.69, 9.17) is 16.3 Å². The summed E-state index contributed by atoms with van der Waals surface area (Å²) < 4.78 is 5.06. The highest BCUT2D eigenvalue weighted by Crippen LogP contribution is 2.18. The molecule has 1 aromatic carbocycles. The predicted octanol–water partition coefficient (Wildman–Crippen LogP) is 3.23. The Balaban J connectivity index is 1.46. The molecule has 0 spiro atoms. The molecule has 30 heavy (non-hydrogen) atoms. The van der Waals surface area contributed by atoms with E-state index >= 15 is 0 Å². The fourth-order valence-corrected chi connectivity index (χ4v) is 3.82. The average molecular weight is 430 g/mol. The molecule has 3 rings (SSSR count). The molecule has 0 atom stereocenters. The first-order valence-corrected chi connectivity index (χ1v) is 10.5. The number of ketones is 1. The molecule has 0 aliphatic carbocycles. The number of carbonyl (C=O) groups excluding carboxylic acids is 2. The summed E-state index contributed by atoms with van der Waals surface area (Å²) in [5.74, 6) is 0.186. The van der Waals surface area contributed by atoms with Crippen LogP contribution >= 0.6 is 11.6 Å². The minimum Gasteiger partial charge on any atom is -0.378 e. The summed E-state index contributed by atoms with van der Waals surface area (Å²) >= 11 is 5.89. The molecule has 1 saturated heterocycles. The molecule has 1 aliphatic rings. The van der Waals surface area contributed by atoms with Gasteiger partial charge in [-0.1, -0.05) is 17.7 Å². The SMILES string of the molecule is COCc1ccc(CC(=O)N(C)C2CCN(CC(=O)c3ccc(Cl)cc3)CC2)cn1. The van der Waals surface area contributed by atoms with Crippen molar-refractivity contribution in [1.82, 2.24) is 14.8 Å². The third-order valence-corrected chi connectivity index (χ3v) is 5.82. The zero-order valence-corrected chi connectivity index (χ0v) is 18.3. The number of methoxy groups -OCH3 is 1. The zero-order valence-electron chi connectivity index (χ0n) is 17.5. The molecule has 2 heterocycles. The predicted molar refractivity (Wildman–Crippen MR) is 117 cm³/mol. The second-order valence-electron chi connectivity index (χ2n) is 7.71. The number of piperidine rings is 1. The Morgan fingerprint density at radius 3 is 2.47 bits per heavy atom. The smallest absolute Gasteiger partial charge is 0.227 e. The van der Waals surface area contributed by atoms with Gasteiger partial charge in [-0.3, -0.25) is 19.5 Å². The van der Waals surface area contributed by atoms with Gasteiger partial charge in [0.2, 0.25) is 5.91 Å². The number of ether oxygens (including phenoxy) is 1. The van der Waals surface area contributed by atoms with E-state index < -0.39 is 0 Å². The molecule has 0 radical (unpaired) electrons. The van der Waals surface area contributed by atoms with E-state index in [1.165, 1.54) is 0 Å². The quantitative estimate of drug-likeness (QED) is 0.603. The summed E-state index contributed by atoms with van der Waals surface area (Å²) in [6.45, 7) is 2.46. The number of Topliss-reactive ketones (excluding diaryl/α,β-unsaturated/α-hetero) is 1. The standard InChI is InChI=1S/C23H28ClN3O3/c1-26(23(29)13-17-3-8-20(16-30-2)25-14-17)21-9-11-27(12-10-21)15-22(28)18-4-6-19(24)7-5-18/h3-8,14,21H,9-13,15-16H2,1-2H3. The highest BCUT2D eigenvalue weighted by Gasteiger charge is 2.26. The van der Waals surface area contributed by atoms with Gasteiger partial charge < -0.3 is 9.64 Å². The van der Waals surface area contributed by atoms with E-state index in [-0.39, 0.29) is 17.7 Å². The van der Waals surface area contributed by atoms with Crippen molar-refractivity contribution in [3.05, 3.63) is 64.4 Å². The van der Waals surface area contributed by atoms with Crippen molar-refractivity contribution >= 4 is 23.3 Å². The Hall–Kier alpha value is -2.28. The van der Waals surface area contributed by atoms with Crippen molar-refractivity contribution in [2.75, 3.05) is 33.8 Å². The van der Waals surface area contributed by atoms with Gasteiger partial charge in [0.15, 0.2) is 5.78 Å². The first kappa shape index (κ1) is 22.4. The minimum atomic E-state index is 0.0898. The zero-order chi connectivity index (χ0) is 21.5. The number of likely N-dealkylation sites (tertiary alicyclic amines) is 1. The first-order valence-electron chi connectivity index (χ1n) is 10.2. The Morgan fingerprint density at radius 1 is 1.17 bits per heavy atom. The maximum Gasteiger partial charge on any atom is 0.227 e. The number of carbonyl (C=O) groups is 2. The van der Waals surface area contributed by atoms with Gasteiger partial charge in [-0.15, -0.1) is 0 Å². The van der Waals surface area contributed by atoms with Crippen LogP contribution in [-0.4, -0.2) is 66.3 Å². The van der Waals surface area contributed by atoms with Crippen LogP contribution < -0.4 is 0 Å². The average Bonchev–Trinajstić information content (AvgIpc) is 2.75. The van der Waals surface area contributed by atoms with Gasteiger partial charge in [0.25, 0.3) is 0 Å². The third-order valence-electron chi connectivity index (χ3n) is 5.57. The van der Waals surface area contributed by atoms with Crippen LogP contribution in [0.1, 0.15) is 34.5 Å². The van der Waals surface area contributed by atoms with E-state index in [0.717, 1.165) is 37.2 Å². The number of amides is 1. The second kappa shape index (κ2) is 10.7. The normalized spacial score (nSPS) is 15.2. The van der Waals surface area contributed by atoms with Gasteiger partial charge >= 0.3 is 0 Å². The lowest BCUT2D eigenvalue weighted by Gasteiger charge is -2.36. The maximum atomic E-state index is 12.7. The van der Waals surface area contributed by atoms with Crippen LogP contribution in [0.4, 0.5) is 0 Å². The molecule has 1 aliphatic heterocycles. The minimum absolute atomic E-state index is 0.0898. The maximum absolute atomic E-state index is 12.7. The molecule has 0 bridgehead atoms. The van der Waals surface area contributed by atoms with Crippen LogP contribution in [0.25, 0.3) is 0 Å². The van der Waals surface area contributed by atoms with Crippen LogP contribution in [0.3, 0.4) is 0 Å². The van der Waals surface area contributed by atoms with Crippen LogP contribution in [0.5, 0.6) is 0 Å².